The normalized spacial score (nSPS) is 11.8. The maximum atomic E-state index is 12.0. The van der Waals surface area contributed by atoms with Crippen LogP contribution in [0, 0.1) is 5.92 Å². The van der Waals surface area contributed by atoms with Crippen molar-refractivity contribution in [1.29, 1.82) is 0 Å². The molecule has 0 bridgehead atoms. The van der Waals surface area contributed by atoms with Crippen LogP contribution in [0.5, 0.6) is 11.5 Å². The quantitative estimate of drug-likeness (QED) is 0.312. The van der Waals surface area contributed by atoms with Crippen LogP contribution in [0.25, 0.3) is 0 Å². The number of methoxy groups -OCH3 is 1. The lowest BCUT2D eigenvalue weighted by molar-refractivity contribution is -0.870. The number of nitrogens with one attached hydrogen (secondary N) is 1. The molecule has 0 atom stereocenters. The van der Waals surface area contributed by atoms with E-state index in [1.807, 2.05) is 18.2 Å². The summed E-state index contributed by atoms with van der Waals surface area (Å²) in [5, 5.41) is 2.99. The van der Waals surface area contributed by atoms with E-state index in [4.69, 9.17) is 9.47 Å². The average molecular weight is 392 g/mol. The number of benzene rings is 1. The lowest BCUT2D eigenvalue weighted by Crippen LogP contribution is -2.38. The molecule has 0 saturated carbocycles. The summed E-state index contributed by atoms with van der Waals surface area (Å²) in [6, 6.07) is 5.82. The van der Waals surface area contributed by atoms with Crippen molar-refractivity contribution in [1.82, 2.24) is 5.32 Å². The van der Waals surface area contributed by atoms with Gasteiger partial charge in [0.25, 0.3) is 0 Å². The summed E-state index contributed by atoms with van der Waals surface area (Å²) >= 11 is 0. The Balaban J connectivity index is 2.38. The van der Waals surface area contributed by atoms with Gasteiger partial charge in [-0.05, 0) is 42.9 Å². The zero-order valence-corrected chi connectivity index (χ0v) is 18.6. The number of amides is 1. The molecule has 0 aliphatic carbocycles. The molecule has 1 rings (SSSR count). The summed E-state index contributed by atoms with van der Waals surface area (Å²) in [6.45, 7) is 6.38. The Kier molecular flexibility index (Phi) is 10.7. The number of quaternary nitrogens is 1. The number of rotatable bonds is 13. The molecule has 0 aliphatic rings. The second-order valence-electron chi connectivity index (χ2n) is 8.54. The van der Waals surface area contributed by atoms with Crippen LogP contribution in [0.2, 0.25) is 0 Å². The first-order valence-electron chi connectivity index (χ1n) is 10.2. The third-order valence-corrected chi connectivity index (χ3v) is 4.28. The Morgan fingerprint density at radius 2 is 1.93 bits per heavy atom. The second-order valence-corrected chi connectivity index (χ2v) is 8.54. The van der Waals surface area contributed by atoms with Crippen molar-refractivity contribution in [3.63, 3.8) is 0 Å². The Morgan fingerprint density at radius 3 is 2.57 bits per heavy atom. The van der Waals surface area contributed by atoms with Crippen LogP contribution in [-0.2, 0) is 11.3 Å². The summed E-state index contributed by atoms with van der Waals surface area (Å²) < 4.78 is 12.1. The Labute approximate surface area is 171 Å². The van der Waals surface area contributed by atoms with Crippen molar-refractivity contribution in [3.05, 3.63) is 35.9 Å². The predicted molar refractivity (Wildman–Crippen MR) is 116 cm³/mol. The van der Waals surface area contributed by atoms with Crippen molar-refractivity contribution < 1.29 is 18.8 Å². The molecule has 1 aromatic rings. The topological polar surface area (TPSA) is 47.6 Å². The van der Waals surface area contributed by atoms with Gasteiger partial charge in [-0.25, -0.2) is 0 Å². The Bertz CT molecular complexity index is 619. The average Bonchev–Trinajstić information content (AvgIpc) is 2.62. The summed E-state index contributed by atoms with van der Waals surface area (Å²) in [7, 11) is 8.04. The van der Waals surface area contributed by atoms with E-state index in [0.717, 1.165) is 41.6 Å². The number of likely N-dealkylation sites (N-methyl/N-ethyl adjacent to an activating group) is 1. The van der Waals surface area contributed by atoms with Gasteiger partial charge in [-0.2, -0.15) is 0 Å². The van der Waals surface area contributed by atoms with Gasteiger partial charge in [-0.15, -0.1) is 0 Å². The van der Waals surface area contributed by atoms with Crippen molar-refractivity contribution >= 4 is 5.91 Å². The fourth-order valence-corrected chi connectivity index (χ4v) is 2.58. The second kappa shape index (κ2) is 12.4. The van der Waals surface area contributed by atoms with Gasteiger partial charge in [0.05, 0.1) is 28.3 Å². The first kappa shape index (κ1) is 24.0. The molecule has 1 aromatic carbocycles. The molecule has 0 saturated heterocycles. The molecular weight excluding hydrogens is 352 g/mol. The predicted octanol–water partition coefficient (Wildman–Crippen LogP) is 4.17. The third kappa shape index (κ3) is 11.0. The molecule has 0 aromatic heterocycles. The number of ether oxygens (including phenoxy) is 2. The summed E-state index contributed by atoms with van der Waals surface area (Å²) in [4.78, 5) is 12.0. The van der Waals surface area contributed by atoms with Gasteiger partial charge in [0.2, 0.25) is 5.91 Å². The molecule has 1 N–H and O–H groups in total. The molecule has 0 heterocycles. The minimum absolute atomic E-state index is 0.0927. The van der Waals surface area contributed by atoms with Gasteiger partial charge in [0.15, 0.2) is 11.5 Å². The van der Waals surface area contributed by atoms with Crippen LogP contribution in [0.15, 0.2) is 30.4 Å². The van der Waals surface area contributed by atoms with Crippen LogP contribution < -0.4 is 14.8 Å². The monoisotopic (exact) mass is 391 g/mol. The number of hydrogen-bond acceptors (Lipinski definition) is 3. The highest BCUT2D eigenvalue weighted by Crippen LogP contribution is 2.28. The zero-order chi connectivity index (χ0) is 21.0. The van der Waals surface area contributed by atoms with Crippen molar-refractivity contribution in [2.45, 2.75) is 46.1 Å². The summed E-state index contributed by atoms with van der Waals surface area (Å²) in [5.41, 5.74) is 1.00. The van der Waals surface area contributed by atoms with Crippen molar-refractivity contribution in [2.75, 3.05) is 41.4 Å². The first-order valence-corrected chi connectivity index (χ1v) is 10.2. The van der Waals surface area contributed by atoms with Gasteiger partial charge in [-0.3, -0.25) is 4.79 Å². The number of nitrogens with zero attached hydrogens (tertiary/aromatic N) is 1. The fourth-order valence-electron chi connectivity index (χ4n) is 2.58. The van der Waals surface area contributed by atoms with Gasteiger partial charge in [-0.1, -0.05) is 32.1 Å². The third-order valence-electron chi connectivity index (χ3n) is 4.28. The maximum absolute atomic E-state index is 12.0. The van der Waals surface area contributed by atoms with E-state index >= 15 is 0 Å². The van der Waals surface area contributed by atoms with E-state index < -0.39 is 0 Å². The maximum Gasteiger partial charge on any atom is 0.220 e. The van der Waals surface area contributed by atoms with E-state index in [2.05, 4.69) is 52.5 Å². The molecule has 5 nitrogen and oxygen atoms in total. The first-order chi connectivity index (χ1) is 13.2. The SMILES string of the molecule is COc1cc(CNC(=O)CCCC/C=C/C(C)C)ccc1OCC[N+](C)(C)C. The molecule has 1 amide bonds. The minimum Gasteiger partial charge on any atom is -0.493 e. The van der Waals surface area contributed by atoms with Crippen LogP contribution in [0.3, 0.4) is 0 Å². The molecule has 0 spiro atoms. The highest BCUT2D eigenvalue weighted by molar-refractivity contribution is 5.75. The van der Waals surface area contributed by atoms with Gasteiger partial charge in [0, 0.05) is 13.0 Å². The fraction of sp³-hybridized carbons (Fsp3) is 0.609. The van der Waals surface area contributed by atoms with E-state index in [0.29, 0.717) is 31.2 Å². The molecule has 158 valence electrons. The standard InChI is InChI=1S/C23H38N2O3/c1-19(2)11-9-7-8-10-12-23(26)24-18-20-13-14-21(22(17-20)27-6)28-16-15-25(3,4)5/h9,11,13-14,17,19H,7-8,10,12,15-16,18H2,1-6H3/p+1/b11-9+. The molecule has 28 heavy (non-hydrogen) atoms. The Hall–Kier alpha value is -2.01. The highest BCUT2D eigenvalue weighted by atomic mass is 16.5. The number of unbranched alkanes of at least 4 members (excludes halogenated alkanes) is 2. The van der Waals surface area contributed by atoms with Crippen molar-refractivity contribution in [3.8, 4) is 11.5 Å². The van der Waals surface area contributed by atoms with Gasteiger partial charge >= 0.3 is 0 Å². The molecule has 5 heteroatoms. The minimum atomic E-state index is 0.0927. The number of carbonyl (C=O) groups is 1. The van der Waals surface area contributed by atoms with E-state index in [1.165, 1.54) is 0 Å². The number of allylic oxidation sites excluding steroid dienone is 2. The highest BCUT2D eigenvalue weighted by Gasteiger charge is 2.10. The molecule has 0 aliphatic heterocycles. The molecule has 0 fully saturated rings. The molecule has 0 radical (unpaired) electrons. The van der Waals surface area contributed by atoms with Crippen LogP contribution in [0.4, 0.5) is 0 Å². The smallest absolute Gasteiger partial charge is 0.220 e. The van der Waals surface area contributed by atoms with Crippen LogP contribution >= 0.6 is 0 Å². The zero-order valence-electron chi connectivity index (χ0n) is 18.6. The lowest BCUT2D eigenvalue weighted by Gasteiger charge is -2.24. The van der Waals surface area contributed by atoms with Gasteiger partial charge in [0.1, 0.15) is 13.2 Å². The summed E-state index contributed by atoms with van der Waals surface area (Å²) in [6.07, 6.45) is 7.99. The van der Waals surface area contributed by atoms with Gasteiger partial charge < -0.3 is 19.3 Å². The largest absolute Gasteiger partial charge is 0.493 e. The lowest BCUT2D eigenvalue weighted by atomic mass is 10.1. The molecule has 0 unspecified atom stereocenters. The summed E-state index contributed by atoms with van der Waals surface area (Å²) in [5.74, 6) is 2.12. The Morgan fingerprint density at radius 1 is 1.18 bits per heavy atom. The van der Waals surface area contributed by atoms with Crippen LogP contribution in [0.1, 0.15) is 45.1 Å². The van der Waals surface area contributed by atoms with E-state index in [9.17, 15) is 4.79 Å². The molecular formula is C23H39N2O3+. The number of carbonyl (C=O) groups excluding carboxylic acids is 1. The van der Waals surface area contributed by atoms with E-state index in [-0.39, 0.29) is 5.91 Å². The van der Waals surface area contributed by atoms with Crippen molar-refractivity contribution in [2.24, 2.45) is 5.92 Å². The van der Waals surface area contributed by atoms with Crippen LogP contribution in [-0.4, -0.2) is 51.8 Å². The van der Waals surface area contributed by atoms with E-state index in [1.54, 1.807) is 7.11 Å². The number of hydrogen-bond donors (Lipinski definition) is 1.